The molecule has 2 nitrogen and oxygen atoms in total. The van der Waals surface area contributed by atoms with Crippen LogP contribution in [0, 0.1) is 5.92 Å². The highest BCUT2D eigenvalue weighted by Crippen LogP contribution is 2.08. The first kappa shape index (κ1) is 10.4. The SMILES string of the molecule is C=C(C)C(=O)C(N)[C@@H](C)CC. The lowest BCUT2D eigenvalue weighted by Gasteiger charge is -2.16. The summed E-state index contributed by atoms with van der Waals surface area (Å²) in [5.74, 6) is 0.235. The lowest BCUT2D eigenvalue weighted by molar-refractivity contribution is -0.117. The van der Waals surface area contributed by atoms with Crippen LogP contribution in [0.15, 0.2) is 12.2 Å². The summed E-state index contributed by atoms with van der Waals surface area (Å²) >= 11 is 0. The molecular weight excluding hydrogens is 138 g/mol. The van der Waals surface area contributed by atoms with E-state index in [1.54, 1.807) is 6.92 Å². The van der Waals surface area contributed by atoms with Crippen molar-refractivity contribution in [3.8, 4) is 0 Å². The highest BCUT2D eigenvalue weighted by atomic mass is 16.1. The first-order valence-electron chi connectivity index (χ1n) is 3.96. The number of rotatable bonds is 4. The van der Waals surface area contributed by atoms with Crippen molar-refractivity contribution in [1.82, 2.24) is 0 Å². The second-order valence-electron chi connectivity index (χ2n) is 3.06. The zero-order valence-electron chi connectivity index (χ0n) is 7.55. The van der Waals surface area contributed by atoms with Crippen molar-refractivity contribution in [1.29, 1.82) is 0 Å². The van der Waals surface area contributed by atoms with Gasteiger partial charge in [0.05, 0.1) is 6.04 Å². The summed E-state index contributed by atoms with van der Waals surface area (Å²) in [5, 5.41) is 0. The number of hydrogen-bond acceptors (Lipinski definition) is 2. The Bertz CT molecular complexity index is 163. The third-order valence-corrected chi connectivity index (χ3v) is 1.98. The molecule has 2 atom stereocenters. The van der Waals surface area contributed by atoms with Crippen LogP contribution in [0.1, 0.15) is 27.2 Å². The molecule has 0 saturated carbocycles. The molecule has 0 aromatic heterocycles. The first-order valence-corrected chi connectivity index (χ1v) is 3.96. The molecule has 0 amide bonds. The molecule has 64 valence electrons. The Morgan fingerprint density at radius 3 is 2.36 bits per heavy atom. The molecule has 2 heteroatoms. The summed E-state index contributed by atoms with van der Waals surface area (Å²) in [6, 6.07) is -0.363. The van der Waals surface area contributed by atoms with Crippen LogP contribution in [0.3, 0.4) is 0 Å². The van der Waals surface area contributed by atoms with Crippen LogP contribution in [-0.4, -0.2) is 11.8 Å². The number of Topliss-reactive ketones (excluding diaryl/α,β-unsaturated/α-hetero) is 1. The van der Waals surface area contributed by atoms with Crippen LogP contribution < -0.4 is 5.73 Å². The van der Waals surface area contributed by atoms with Crippen molar-refractivity contribution in [2.75, 3.05) is 0 Å². The average molecular weight is 155 g/mol. The highest BCUT2D eigenvalue weighted by molar-refractivity contribution is 5.98. The fourth-order valence-corrected chi connectivity index (χ4v) is 0.797. The quantitative estimate of drug-likeness (QED) is 0.625. The first-order chi connectivity index (χ1) is 5.00. The second-order valence-corrected chi connectivity index (χ2v) is 3.06. The standard InChI is InChI=1S/C9H17NO/c1-5-7(4)8(10)9(11)6(2)3/h7-8H,2,5,10H2,1,3-4H3/t7-,8?/m0/s1. The van der Waals surface area contributed by atoms with E-state index in [1.807, 2.05) is 13.8 Å². The van der Waals surface area contributed by atoms with Gasteiger partial charge in [-0.3, -0.25) is 4.79 Å². The molecule has 0 aliphatic rings. The summed E-state index contributed by atoms with van der Waals surface area (Å²) in [6.07, 6.45) is 0.931. The Kier molecular flexibility index (Phi) is 4.04. The van der Waals surface area contributed by atoms with E-state index < -0.39 is 0 Å². The zero-order chi connectivity index (χ0) is 9.02. The van der Waals surface area contributed by atoms with Gasteiger partial charge in [-0.2, -0.15) is 0 Å². The molecule has 0 spiro atoms. The van der Waals surface area contributed by atoms with Gasteiger partial charge in [0.15, 0.2) is 5.78 Å². The van der Waals surface area contributed by atoms with E-state index in [1.165, 1.54) is 0 Å². The minimum atomic E-state index is -0.363. The van der Waals surface area contributed by atoms with E-state index >= 15 is 0 Å². The number of ketones is 1. The minimum absolute atomic E-state index is 0.0145. The second kappa shape index (κ2) is 4.29. The minimum Gasteiger partial charge on any atom is -0.321 e. The van der Waals surface area contributed by atoms with Crippen LogP contribution in [0.2, 0.25) is 0 Å². The molecule has 0 fully saturated rings. The summed E-state index contributed by atoms with van der Waals surface area (Å²) in [4.78, 5) is 11.2. The fraction of sp³-hybridized carbons (Fsp3) is 0.667. The summed E-state index contributed by atoms with van der Waals surface area (Å²) in [7, 11) is 0. The topological polar surface area (TPSA) is 43.1 Å². The van der Waals surface area contributed by atoms with Crippen molar-refractivity contribution in [3.63, 3.8) is 0 Å². The summed E-state index contributed by atoms with van der Waals surface area (Å²) in [6.45, 7) is 9.26. The van der Waals surface area contributed by atoms with Crippen molar-refractivity contribution in [2.24, 2.45) is 11.7 Å². The lowest BCUT2D eigenvalue weighted by Crippen LogP contribution is -2.36. The van der Waals surface area contributed by atoms with Crippen molar-refractivity contribution < 1.29 is 4.79 Å². The maximum absolute atomic E-state index is 11.2. The van der Waals surface area contributed by atoms with Crippen molar-refractivity contribution in [3.05, 3.63) is 12.2 Å². The molecule has 1 unspecified atom stereocenters. The predicted octanol–water partition coefficient (Wildman–Crippen LogP) is 1.50. The van der Waals surface area contributed by atoms with E-state index in [-0.39, 0.29) is 17.7 Å². The maximum Gasteiger partial charge on any atom is 0.174 e. The number of nitrogens with two attached hydrogens (primary N) is 1. The van der Waals surface area contributed by atoms with Gasteiger partial charge in [0, 0.05) is 0 Å². The number of carbonyl (C=O) groups is 1. The third-order valence-electron chi connectivity index (χ3n) is 1.98. The van der Waals surface area contributed by atoms with Crippen molar-refractivity contribution in [2.45, 2.75) is 33.2 Å². The molecular formula is C9H17NO. The monoisotopic (exact) mass is 155 g/mol. The van der Waals surface area contributed by atoms with Gasteiger partial charge in [-0.05, 0) is 18.4 Å². The molecule has 2 N–H and O–H groups in total. The average Bonchev–Trinajstić information content (AvgIpc) is 2.00. The van der Waals surface area contributed by atoms with E-state index in [9.17, 15) is 4.79 Å². The van der Waals surface area contributed by atoms with Crippen LogP contribution >= 0.6 is 0 Å². The van der Waals surface area contributed by atoms with E-state index in [0.29, 0.717) is 5.57 Å². The van der Waals surface area contributed by atoms with Crippen molar-refractivity contribution >= 4 is 5.78 Å². The summed E-state index contributed by atoms with van der Waals surface area (Å²) in [5.41, 5.74) is 6.22. The normalized spacial score (nSPS) is 15.6. The zero-order valence-corrected chi connectivity index (χ0v) is 7.55. The predicted molar refractivity (Wildman–Crippen MR) is 47.3 cm³/mol. The molecule has 0 radical (unpaired) electrons. The molecule has 11 heavy (non-hydrogen) atoms. The van der Waals surface area contributed by atoms with Gasteiger partial charge >= 0.3 is 0 Å². The Labute approximate surface area is 68.5 Å². The van der Waals surface area contributed by atoms with Gasteiger partial charge in [0.2, 0.25) is 0 Å². The van der Waals surface area contributed by atoms with E-state index in [4.69, 9.17) is 5.73 Å². The van der Waals surface area contributed by atoms with E-state index in [2.05, 4.69) is 6.58 Å². The maximum atomic E-state index is 11.2. The molecule has 0 saturated heterocycles. The Hall–Kier alpha value is -0.630. The Balaban J connectivity index is 4.13. The van der Waals surface area contributed by atoms with E-state index in [0.717, 1.165) is 6.42 Å². The van der Waals surface area contributed by atoms with Crippen LogP contribution in [-0.2, 0) is 4.79 Å². The van der Waals surface area contributed by atoms with Crippen LogP contribution in [0.25, 0.3) is 0 Å². The lowest BCUT2D eigenvalue weighted by atomic mass is 9.94. The van der Waals surface area contributed by atoms with Gasteiger partial charge < -0.3 is 5.73 Å². The molecule has 0 aliphatic heterocycles. The Morgan fingerprint density at radius 2 is 2.09 bits per heavy atom. The third kappa shape index (κ3) is 2.85. The fourth-order valence-electron chi connectivity index (χ4n) is 0.797. The van der Waals surface area contributed by atoms with Gasteiger partial charge in [0.1, 0.15) is 0 Å². The highest BCUT2D eigenvalue weighted by Gasteiger charge is 2.18. The smallest absolute Gasteiger partial charge is 0.174 e. The molecule has 0 aliphatic carbocycles. The molecule has 0 rings (SSSR count). The van der Waals surface area contributed by atoms with Gasteiger partial charge in [-0.15, -0.1) is 0 Å². The number of carbonyl (C=O) groups excluding carboxylic acids is 1. The van der Waals surface area contributed by atoms with Crippen LogP contribution in [0.4, 0.5) is 0 Å². The van der Waals surface area contributed by atoms with Crippen LogP contribution in [0.5, 0.6) is 0 Å². The number of hydrogen-bond donors (Lipinski definition) is 1. The van der Waals surface area contributed by atoms with Gasteiger partial charge in [-0.1, -0.05) is 26.8 Å². The largest absolute Gasteiger partial charge is 0.321 e. The summed E-state index contributed by atoms with van der Waals surface area (Å²) < 4.78 is 0. The Morgan fingerprint density at radius 1 is 1.64 bits per heavy atom. The molecule has 0 heterocycles. The van der Waals surface area contributed by atoms with Gasteiger partial charge in [-0.25, -0.2) is 0 Å². The molecule has 0 aromatic carbocycles. The van der Waals surface area contributed by atoms with Gasteiger partial charge in [0.25, 0.3) is 0 Å². The molecule has 0 aromatic rings. The molecule has 0 bridgehead atoms.